The normalized spacial score (nSPS) is 16.8. The maximum atomic E-state index is 12.3. The molecule has 7 nitrogen and oxygen atoms in total. The topological polar surface area (TPSA) is 96.8 Å². The van der Waals surface area contributed by atoms with E-state index in [1.165, 1.54) is 24.8 Å². The van der Waals surface area contributed by atoms with Gasteiger partial charge in [-0.3, -0.25) is 19.1 Å². The van der Waals surface area contributed by atoms with Crippen LogP contribution in [0, 0.1) is 0 Å². The van der Waals surface area contributed by atoms with Crippen LogP contribution in [0.5, 0.6) is 0 Å². The first-order chi connectivity index (χ1) is 12.6. The van der Waals surface area contributed by atoms with Gasteiger partial charge < -0.3 is 5.32 Å². The first kappa shape index (κ1) is 19.0. The maximum absolute atomic E-state index is 12.3. The van der Waals surface area contributed by atoms with Crippen LogP contribution < -0.4 is 16.6 Å². The van der Waals surface area contributed by atoms with Crippen LogP contribution in [0.1, 0.15) is 32.1 Å². The van der Waals surface area contributed by atoms with Gasteiger partial charge in [-0.05, 0) is 31.4 Å². The Morgan fingerprint density at radius 2 is 2.27 bits per heavy atom. The Bertz CT molecular complexity index is 874. The number of H-pyrrole nitrogens is 1. The molecule has 2 aromatic heterocycles. The summed E-state index contributed by atoms with van der Waals surface area (Å²) in [7, 11) is 3.90. The molecule has 1 aliphatic heterocycles. The van der Waals surface area contributed by atoms with Crippen molar-refractivity contribution >= 4 is 38.5 Å². The Labute approximate surface area is 158 Å². The summed E-state index contributed by atoms with van der Waals surface area (Å²) in [5, 5.41) is 3.89. The van der Waals surface area contributed by atoms with Gasteiger partial charge in [-0.25, -0.2) is 9.78 Å². The van der Waals surface area contributed by atoms with Crippen LogP contribution in [0.2, 0.25) is 0 Å². The predicted molar refractivity (Wildman–Crippen MR) is 107 cm³/mol. The molecule has 0 bridgehead atoms. The summed E-state index contributed by atoms with van der Waals surface area (Å²) in [6, 6.07) is 3.27. The van der Waals surface area contributed by atoms with Crippen molar-refractivity contribution in [1.82, 2.24) is 19.9 Å². The largest absolute Gasteiger partial charge is 0.354 e. The van der Waals surface area contributed by atoms with Gasteiger partial charge in [0.25, 0.3) is 5.56 Å². The minimum atomic E-state index is -0.512. The van der Waals surface area contributed by atoms with E-state index in [1.807, 2.05) is 21.6 Å². The van der Waals surface area contributed by atoms with Crippen molar-refractivity contribution in [2.45, 2.75) is 43.9 Å². The third-order valence-corrected chi connectivity index (χ3v) is 7.33. The van der Waals surface area contributed by atoms with E-state index in [0.717, 1.165) is 22.7 Å². The number of pyridine rings is 1. The van der Waals surface area contributed by atoms with Gasteiger partial charge in [-0.1, -0.05) is 28.0 Å². The molecule has 9 heteroatoms. The Morgan fingerprint density at radius 1 is 1.38 bits per heavy atom. The monoisotopic (exact) mass is 394 g/mol. The molecule has 1 fully saturated rings. The molecule has 2 aromatic rings. The molecule has 1 amide bonds. The van der Waals surface area contributed by atoms with Gasteiger partial charge in [-0.15, -0.1) is 0 Å². The number of hydrogen-bond acceptors (Lipinski definition) is 6. The van der Waals surface area contributed by atoms with E-state index in [4.69, 9.17) is 0 Å². The van der Waals surface area contributed by atoms with Crippen LogP contribution in [-0.2, 0) is 11.3 Å². The van der Waals surface area contributed by atoms with Gasteiger partial charge in [0, 0.05) is 36.7 Å². The van der Waals surface area contributed by atoms with E-state index in [2.05, 4.69) is 15.3 Å². The second-order valence-corrected chi connectivity index (χ2v) is 9.00. The smallest absolute Gasteiger partial charge is 0.330 e. The summed E-state index contributed by atoms with van der Waals surface area (Å²) < 4.78 is 1.10. The SMILES string of the molecule is O=C(CCCC[C@H]1CCSS1)NCCn1c(=O)[nH]c2ncccc2c1=O. The van der Waals surface area contributed by atoms with Gasteiger partial charge in [-0.2, -0.15) is 0 Å². The molecule has 0 unspecified atom stereocenters. The van der Waals surface area contributed by atoms with E-state index in [0.29, 0.717) is 11.8 Å². The van der Waals surface area contributed by atoms with Crippen LogP contribution >= 0.6 is 21.6 Å². The number of unbranched alkanes of at least 4 members (excludes halogenated alkanes) is 1. The summed E-state index contributed by atoms with van der Waals surface area (Å²) in [5.41, 5.74) is -0.623. The first-order valence-corrected chi connectivity index (χ1v) is 11.2. The summed E-state index contributed by atoms with van der Waals surface area (Å²) >= 11 is 0. The number of fused-ring (bicyclic) bond motifs is 1. The second-order valence-electron chi connectivity index (χ2n) is 6.21. The van der Waals surface area contributed by atoms with Crippen molar-refractivity contribution in [2.75, 3.05) is 12.3 Å². The third kappa shape index (κ3) is 4.91. The summed E-state index contributed by atoms with van der Waals surface area (Å²) in [5.74, 6) is 1.20. The standard InChI is InChI=1S/C17H22N4O3S2/c22-14(6-2-1-4-12-7-11-25-26-12)18-9-10-21-16(23)13-5-3-8-19-15(13)20-17(21)24/h3,5,8,12H,1-2,4,6-7,9-11H2,(H,18,22)(H,19,20,24)/t12-/m0/s1. The predicted octanol–water partition coefficient (Wildman–Crippen LogP) is 1.92. The van der Waals surface area contributed by atoms with Crippen LogP contribution in [0.4, 0.5) is 0 Å². The molecule has 1 saturated heterocycles. The van der Waals surface area contributed by atoms with Crippen LogP contribution in [-0.4, -0.2) is 38.0 Å². The molecule has 0 radical (unpaired) electrons. The molecule has 1 atom stereocenters. The molecule has 3 rings (SSSR count). The van der Waals surface area contributed by atoms with E-state index < -0.39 is 11.2 Å². The number of aromatic amines is 1. The van der Waals surface area contributed by atoms with Crippen molar-refractivity contribution < 1.29 is 4.79 Å². The zero-order chi connectivity index (χ0) is 18.4. The van der Waals surface area contributed by atoms with Crippen LogP contribution in [0.15, 0.2) is 27.9 Å². The van der Waals surface area contributed by atoms with Crippen molar-refractivity contribution in [2.24, 2.45) is 0 Å². The van der Waals surface area contributed by atoms with Gasteiger partial charge in [0.1, 0.15) is 5.65 Å². The molecule has 0 aliphatic carbocycles. The van der Waals surface area contributed by atoms with Gasteiger partial charge in [0.05, 0.1) is 5.39 Å². The van der Waals surface area contributed by atoms with E-state index in [-0.39, 0.29) is 24.6 Å². The summed E-state index contributed by atoms with van der Waals surface area (Å²) in [4.78, 5) is 42.8. The maximum Gasteiger partial charge on any atom is 0.330 e. The highest BCUT2D eigenvalue weighted by Gasteiger charge is 2.15. The number of carbonyl (C=O) groups excluding carboxylic acids is 1. The molecule has 0 aromatic carbocycles. The Balaban J connectivity index is 1.44. The number of nitrogens with zero attached hydrogens (tertiary/aromatic N) is 2. The number of carbonyl (C=O) groups is 1. The highest BCUT2D eigenvalue weighted by molar-refractivity contribution is 8.77. The number of hydrogen-bond donors (Lipinski definition) is 2. The summed E-state index contributed by atoms with van der Waals surface area (Å²) in [6.07, 6.45) is 6.37. The zero-order valence-electron chi connectivity index (χ0n) is 14.4. The molecule has 140 valence electrons. The Morgan fingerprint density at radius 3 is 3.08 bits per heavy atom. The number of aromatic nitrogens is 3. The molecule has 2 N–H and O–H groups in total. The van der Waals surface area contributed by atoms with Crippen molar-refractivity contribution in [3.05, 3.63) is 39.2 Å². The van der Waals surface area contributed by atoms with Crippen LogP contribution in [0.3, 0.4) is 0 Å². The first-order valence-electron chi connectivity index (χ1n) is 8.78. The van der Waals surface area contributed by atoms with E-state index >= 15 is 0 Å². The van der Waals surface area contributed by atoms with Gasteiger partial charge in [0.15, 0.2) is 0 Å². The minimum absolute atomic E-state index is 0.0367. The molecule has 0 saturated carbocycles. The lowest BCUT2D eigenvalue weighted by Crippen LogP contribution is -2.39. The lowest BCUT2D eigenvalue weighted by molar-refractivity contribution is -0.121. The lowest BCUT2D eigenvalue weighted by atomic mass is 10.1. The molecule has 26 heavy (non-hydrogen) atoms. The fraction of sp³-hybridized carbons (Fsp3) is 0.529. The quantitative estimate of drug-likeness (QED) is 0.524. The lowest BCUT2D eigenvalue weighted by Gasteiger charge is -2.09. The van der Waals surface area contributed by atoms with Gasteiger partial charge >= 0.3 is 5.69 Å². The van der Waals surface area contributed by atoms with Crippen molar-refractivity contribution in [3.8, 4) is 0 Å². The minimum Gasteiger partial charge on any atom is -0.354 e. The fourth-order valence-corrected chi connectivity index (χ4v) is 5.93. The van der Waals surface area contributed by atoms with E-state index in [1.54, 1.807) is 12.1 Å². The molecule has 0 spiro atoms. The third-order valence-electron chi connectivity index (χ3n) is 4.32. The molecule has 3 heterocycles. The highest BCUT2D eigenvalue weighted by Crippen LogP contribution is 2.39. The summed E-state index contributed by atoms with van der Waals surface area (Å²) in [6.45, 7) is 0.392. The number of nitrogens with one attached hydrogen (secondary N) is 2. The fourth-order valence-electron chi connectivity index (χ4n) is 2.90. The average molecular weight is 395 g/mol. The number of amides is 1. The second kappa shape index (κ2) is 9.27. The van der Waals surface area contributed by atoms with E-state index in [9.17, 15) is 14.4 Å². The highest BCUT2D eigenvalue weighted by atomic mass is 33.1. The Kier molecular flexibility index (Phi) is 6.79. The molecular weight excluding hydrogens is 372 g/mol. The molecule has 1 aliphatic rings. The van der Waals surface area contributed by atoms with Gasteiger partial charge in [0.2, 0.25) is 5.91 Å². The molecular formula is C17H22N4O3S2. The van der Waals surface area contributed by atoms with Crippen molar-refractivity contribution in [1.29, 1.82) is 0 Å². The average Bonchev–Trinajstić information content (AvgIpc) is 3.15. The van der Waals surface area contributed by atoms with Crippen molar-refractivity contribution in [3.63, 3.8) is 0 Å². The van der Waals surface area contributed by atoms with Crippen LogP contribution in [0.25, 0.3) is 11.0 Å². The Hall–Kier alpha value is -1.74. The number of rotatable bonds is 8. The zero-order valence-corrected chi connectivity index (χ0v) is 16.0.